The van der Waals surface area contributed by atoms with E-state index in [9.17, 15) is 5.11 Å². The normalized spacial score (nSPS) is 16.6. The summed E-state index contributed by atoms with van der Waals surface area (Å²) in [7, 11) is 1.97. The maximum absolute atomic E-state index is 10.2. The molecule has 0 aliphatic heterocycles. The van der Waals surface area contributed by atoms with Gasteiger partial charge in [0.25, 0.3) is 0 Å². The minimum Gasteiger partial charge on any atom is -0.389 e. The predicted molar refractivity (Wildman–Crippen MR) is 80.1 cm³/mol. The largest absolute Gasteiger partial charge is 0.389 e. The van der Waals surface area contributed by atoms with Crippen molar-refractivity contribution in [1.29, 1.82) is 0 Å². The maximum atomic E-state index is 10.2. The first-order valence-electron chi connectivity index (χ1n) is 6.49. The van der Waals surface area contributed by atoms with Crippen LogP contribution in [0.5, 0.6) is 0 Å². The number of thioether (sulfide) groups is 1. The number of aliphatic hydroxyl groups is 1. The van der Waals surface area contributed by atoms with Crippen LogP contribution in [0.15, 0.2) is 29.2 Å². The van der Waals surface area contributed by atoms with Gasteiger partial charge < -0.3 is 10.4 Å². The van der Waals surface area contributed by atoms with Crippen LogP contribution in [0.3, 0.4) is 0 Å². The van der Waals surface area contributed by atoms with Crippen molar-refractivity contribution in [1.82, 2.24) is 5.32 Å². The zero-order valence-electron chi connectivity index (χ0n) is 12.0. The average molecular weight is 267 g/mol. The summed E-state index contributed by atoms with van der Waals surface area (Å²) in [6.07, 6.45) is 0. The fourth-order valence-electron chi connectivity index (χ4n) is 1.44. The first-order chi connectivity index (χ1) is 8.36. The summed E-state index contributed by atoms with van der Waals surface area (Å²) in [5.74, 6) is 0.992. The molecule has 2 unspecified atom stereocenters. The van der Waals surface area contributed by atoms with E-state index in [4.69, 9.17) is 0 Å². The van der Waals surface area contributed by atoms with Crippen molar-refractivity contribution in [3.05, 3.63) is 29.8 Å². The van der Waals surface area contributed by atoms with Gasteiger partial charge in [0, 0.05) is 16.7 Å². The van der Waals surface area contributed by atoms with Crippen LogP contribution >= 0.6 is 11.8 Å². The van der Waals surface area contributed by atoms with Gasteiger partial charge in [0.2, 0.25) is 0 Å². The van der Waals surface area contributed by atoms with Crippen LogP contribution in [0.1, 0.15) is 39.3 Å². The molecule has 18 heavy (non-hydrogen) atoms. The summed E-state index contributed by atoms with van der Waals surface area (Å²) >= 11 is 1.72. The van der Waals surface area contributed by atoms with Gasteiger partial charge in [-0.25, -0.2) is 0 Å². The van der Waals surface area contributed by atoms with Gasteiger partial charge >= 0.3 is 0 Å². The fourth-order valence-corrected chi connectivity index (χ4v) is 2.62. The Morgan fingerprint density at radius 3 is 2.56 bits per heavy atom. The van der Waals surface area contributed by atoms with Crippen LogP contribution in [0.4, 0.5) is 0 Å². The molecule has 0 saturated carbocycles. The SMILES string of the molecule is CNC(C)c1cccc(SCC(C)(O)C(C)C)c1. The van der Waals surface area contributed by atoms with E-state index in [2.05, 4.69) is 50.4 Å². The second-order valence-electron chi connectivity index (χ2n) is 5.38. The third kappa shape index (κ3) is 4.30. The Kier molecular flexibility index (Phi) is 5.70. The minimum absolute atomic E-state index is 0.268. The van der Waals surface area contributed by atoms with Gasteiger partial charge in [-0.3, -0.25) is 0 Å². The van der Waals surface area contributed by atoms with E-state index in [0.717, 1.165) is 5.75 Å². The zero-order valence-corrected chi connectivity index (χ0v) is 12.8. The van der Waals surface area contributed by atoms with Gasteiger partial charge in [0.05, 0.1) is 5.60 Å². The summed E-state index contributed by atoms with van der Waals surface area (Å²) in [5, 5.41) is 13.5. The zero-order chi connectivity index (χ0) is 13.8. The highest BCUT2D eigenvalue weighted by molar-refractivity contribution is 7.99. The molecule has 0 aromatic heterocycles. The van der Waals surface area contributed by atoms with Crippen LogP contribution in [0, 0.1) is 5.92 Å². The molecule has 0 amide bonds. The first kappa shape index (κ1) is 15.5. The number of benzene rings is 1. The van der Waals surface area contributed by atoms with Gasteiger partial charge in [0.1, 0.15) is 0 Å². The van der Waals surface area contributed by atoms with Gasteiger partial charge in [-0.2, -0.15) is 0 Å². The second-order valence-corrected chi connectivity index (χ2v) is 6.43. The number of hydrogen-bond donors (Lipinski definition) is 2. The summed E-state index contributed by atoms with van der Waals surface area (Å²) in [6, 6.07) is 8.87. The molecular formula is C15H25NOS. The molecule has 1 rings (SSSR count). The van der Waals surface area contributed by atoms with Crippen LogP contribution < -0.4 is 5.32 Å². The Bertz CT molecular complexity index is 377. The van der Waals surface area contributed by atoms with Gasteiger partial charge in [-0.05, 0) is 44.5 Å². The highest BCUT2D eigenvalue weighted by Crippen LogP contribution is 2.28. The van der Waals surface area contributed by atoms with Crippen molar-refractivity contribution in [3.63, 3.8) is 0 Å². The molecule has 0 aliphatic carbocycles. The number of nitrogens with one attached hydrogen (secondary N) is 1. The lowest BCUT2D eigenvalue weighted by atomic mass is 9.95. The number of hydrogen-bond acceptors (Lipinski definition) is 3. The monoisotopic (exact) mass is 267 g/mol. The first-order valence-corrected chi connectivity index (χ1v) is 7.48. The van der Waals surface area contributed by atoms with E-state index in [-0.39, 0.29) is 5.92 Å². The smallest absolute Gasteiger partial charge is 0.0736 e. The van der Waals surface area contributed by atoms with Crippen LogP contribution in [-0.2, 0) is 0 Å². The molecule has 0 spiro atoms. The highest BCUT2D eigenvalue weighted by atomic mass is 32.2. The van der Waals surface area contributed by atoms with Crippen LogP contribution in [-0.4, -0.2) is 23.5 Å². The molecule has 0 radical (unpaired) electrons. The molecule has 0 aliphatic rings. The van der Waals surface area contributed by atoms with E-state index in [1.165, 1.54) is 10.5 Å². The van der Waals surface area contributed by atoms with Crippen molar-refractivity contribution in [2.24, 2.45) is 5.92 Å². The molecule has 0 bridgehead atoms. The quantitative estimate of drug-likeness (QED) is 0.774. The average Bonchev–Trinajstić information content (AvgIpc) is 2.35. The lowest BCUT2D eigenvalue weighted by molar-refractivity contribution is 0.0376. The van der Waals surface area contributed by atoms with Crippen molar-refractivity contribution in [2.45, 2.75) is 44.2 Å². The van der Waals surface area contributed by atoms with E-state index in [1.807, 2.05) is 14.0 Å². The molecule has 2 nitrogen and oxygen atoms in total. The Labute approximate surface area is 115 Å². The Hall–Kier alpha value is -0.510. The van der Waals surface area contributed by atoms with Crippen LogP contribution in [0.25, 0.3) is 0 Å². The Morgan fingerprint density at radius 2 is 2.00 bits per heavy atom. The molecule has 0 heterocycles. The van der Waals surface area contributed by atoms with E-state index in [1.54, 1.807) is 11.8 Å². The summed E-state index contributed by atoms with van der Waals surface area (Å²) in [4.78, 5) is 1.22. The summed E-state index contributed by atoms with van der Waals surface area (Å²) in [6.45, 7) is 8.17. The standard InChI is InChI=1S/C15H25NOS/c1-11(2)15(4,17)10-18-14-8-6-7-13(9-14)12(3)16-5/h6-9,11-12,16-17H,10H2,1-5H3. The van der Waals surface area contributed by atoms with Crippen molar-refractivity contribution in [2.75, 3.05) is 12.8 Å². The molecule has 1 aromatic rings. The fraction of sp³-hybridized carbons (Fsp3) is 0.600. The summed E-state index contributed by atoms with van der Waals surface area (Å²) < 4.78 is 0. The lowest BCUT2D eigenvalue weighted by Gasteiger charge is -2.27. The van der Waals surface area contributed by atoms with Crippen molar-refractivity contribution in [3.8, 4) is 0 Å². The molecule has 1 aromatic carbocycles. The maximum Gasteiger partial charge on any atom is 0.0736 e. The van der Waals surface area contributed by atoms with E-state index >= 15 is 0 Å². The third-order valence-electron chi connectivity index (χ3n) is 3.57. The molecule has 102 valence electrons. The van der Waals surface area contributed by atoms with E-state index in [0.29, 0.717) is 6.04 Å². The Morgan fingerprint density at radius 1 is 1.33 bits per heavy atom. The highest BCUT2D eigenvalue weighted by Gasteiger charge is 2.24. The minimum atomic E-state index is -0.616. The Balaban J connectivity index is 2.68. The van der Waals surface area contributed by atoms with Gasteiger partial charge in [-0.15, -0.1) is 11.8 Å². The molecule has 0 fully saturated rings. The van der Waals surface area contributed by atoms with Gasteiger partial charge in [0.15, 0.2) is 0 Å². The van der Waals surface area contributed by atoms with Crippen LogP contribution in [0.2, 0.25) is 0 Å². The predicted octanol–water partition coefficient (Wildman–Crippen LogP) is 3.47. The number of rotatable bonds is 6. The second kappa shape index (κ2) is 6.60. The molecular weight excluding hydrogens is 242 g/mol. The molecule has 3 heteroatoms. The van der Waals surface area contributed by atoms with E-state index < -0.39 is 5.60 Å². The van der Waals surface area contributed by atoms with Gasteiger partial charge in [-0.1, -0.05) is 26.0 Å². The summed E-state index contributed by atoms with van der Waals surface area (Å²) in [5.41, 5.74) is 0.668. The molecule has 2 N–H and O–H groups in total. The topological polar surface area (TPSA) is 32.3 Å². The molecule has 2 atom stereocenters. The third-order valence-corrected chi connectivity index (χ3v) is 4.88. The molecule has 0 saturated heterocycles. The van der Waals surface area contributed by atoms with Crippen molar-refractivity contribution >= 4 is 11.8 Å². The lowest BCUT2D eigenvalue weighted by Crippen LogP contribution is -2.33. The van der Waals surface area contributed by atoms with Crippen molar-refractivity contribution < 1.29 is 5.11 Å².